The van der Waals surface area contributed by atoms with Gasteiger partial charge in [-0.25, -0.2) is 9.37 Å². The van der Waals surface area contributed by atoms with E-state index in [1.54, 1.807) is 23.7 Å². The lowest BCUT2D eigenvalue weighted by Crippen LogP contribution is -2.50. The van der Waals surface area contributed by atoms with Crippen molar-refractivity contribution in [1.82, 2.24) is 30.2 Å². The van der Waals surface area contributed by atoms with E-state index in [9.17, 15) is 33.5 Å². The zero-order chi connectivity index (χ0) is 55.4. The lowest BCUT2D eigenvalue weighted by atomic mass is 9.77. The number of likely N-dealkylation sites (tertiary alicyclic amines) is 1. The number of ketones is 3. The van der Waals surface area contributed by atoms with Gasteiger partial charge in [-0.2, -0.15) is 0 Å². The van der Waals surface area contributed by atoms with E-state index in [-0.39, 0.29) is 101 Å². The number of thiazole rings is 1. The lowest BCUT2D eigenvalue weighted by Gasteiger charge is -2.34. The second kappa shape index (κ2) is 29.8. The molecule has 0 radical (unpaired) electrons. The molecule has 420 valence electrons. The highest BCUT2D eigenvalue weighted by atomic mass is 32.1. The number of hydrogen-bond acceptors (Lipinski definition) is 17. The average Bonchev–Trinajstić information content (AvgIpc) is 4.02. The topological polar surface area (TPSA) is 231 Å². The number of amides is 2. The summed E-state index contributed by atoms with van der Waals surface area (Å²) in [4.78, 5) is 86.5. The van der Waals surface area contributed by atoms with Crippen molar-refractivity contribution in [3.8, 4) is 10.4 Å². The summed E-state index contributed by atoms with van der Waals surface area (Å²) in [7, 11) is 0. The SMILES string of the molecule is Cc1ncsc1-c1ccc(CNC(=O)[C@@H]2C[C@@H](O)CN2C(=O)[C@@H](CC(=O)COCCOCCOCCOCCOCCCC(=O)C(F)CCC(=O)c2cnc(Cc3ccc4cnccc4n3)cc2NC2CC2)C(C)(C)C)cc1. The fourth-order valence-electron chi connectivity index (χ4n) is 9.02. The van der Waals surface area contributed by atoms with E-state index in [2.05, 4.69) is 25.6 Å². The van der Waals surface area contributed by atoms with E-state index < -0.39 is 35.4 Å². The Bertz CT molecular complexity index is 2770. The summed E-state index contributed by atoms with van der Waals surface area (Å²) in [6, 6.07) is 14.9. The number of anilines is 1. The number of Topliss-reactive ketones (excluding diaryl/α,β-unsaturated/α-hetero) is 3. The van der Waals surface area contributed by atoms with Crippen molar-refractivity contribution in [3.05, 3.63) is 101 Å². The number of pyridine rings is 3. The number of β-amino-alcohol motifs (C(OH)–C–C–N with tert-alkyl or cyclic N) is 1. The van der Waals surface area contributed by atoms with Crippen molar-refractivity contribution in [1.29, 1.82) is 0 Å². The van der Waals surface area contributed by atoms with Crippen LogP contribution in [0.15, 0.2) is 72.6 Å². The van der Waals surface area contributed by atoms with E-state index in [1.165, 1.54) is 11.1 Å². The molecule has 18 nitrogen and oxygen atoms in total. The van der Waals surface area contributed by atoms with Crippen LogP contribution in [0.25, 0.3) is 21.3 Å². The Kier molecular flexibility index (Phi) is 22.8. The molecule has 5 heterocycles. The van der Waals surface area contributed by atoms with Crippen LogP contribution >= 0.6 is 11.3 Å². The molecule has 3 N–H and O–H groups in total. The number of carbonyl (C=O) groups is 5. The smallest absolute Gasteiger partial charge is 0.243 e. The Balaban J connectivity index is 0.678. The monoisotopic (exact) mass is 1100 g/mol. The number of nitrogens with one attached hydrogen (secondary N) is 2. The van der Waals surface area contributed by atoms with Crippen LogP contribution in [0.4, 0.5) is 10.1 Å². The molecule has 2 amide bonds. The summed E-state index contributed by atoms with van der Waals surface area (Å²) < 4.78 is 42.6. The minimum atomic E-state index is -1.75. The van der Waals surface area contributed by atoms with Crippen molar-refractivity contribution in [2.24, 2.45) is 11.3 Å². The highest BCUT2D eigenvalue weighted by Gasteiger charge is 2.44. The summed E-state index contributed by atoms with van der Waals surface area (Å²) in [5, 5.41) is 17.9. The number of aromatic nitrogens is 4. The van der Waals surface area contributed by atoms with Gasteiger partial charge in [0.15, 0.2) is 23.5 Å². The summed E-state index contributed by atoms with van der Waals surface area (Å²) in [6.45, 7) is 10.3. The Hall–Kier alpha value is -6.00. The van der Waals surface area contributed by atoms with Gasteiger partial charge in [0.2, 0.25) is 11.8 Å². The first-order valence-electron chi connectivity index (χ1n) is 26.9. The molecule has 2 aliphatic rings. The highest BCUT2D eigenvalue weighted by molar-refractivity contribution is 7.13. The van der Waals surface area contributed by atoms with E-state index in [0.717, 1.165) is 56.8 Å². The van der Waals surface area contributed by atoms with Gasteiger partial charge in [-0.3, -0.25) is 38.9 Å². The zero-order valence-electron chi connectivity index (χ0n) is 45.2. The summed E-state index contributed by atoms with van der Waals surface area (Å²) in [6.07, 6.45) is 4.97. The van der Waals surface area contributed by atoms with Gasteiger partial charge in [0.25, 0.3) is 0 Å². The minimum absolute atomic E-state index is 0.00408. The third kappa shape index (κ3) is 18.6. The Morgan fingerprint density at radius 2 is 1.54 bits per heavy atom. The number of alkyl halides is 1. The number of halogens is 1. The number of rotatable bonds is 34. The van der Waals surface area contributed by atoms with Crippen LogP contribution in [0.5, 0.6) is 0 Å². The second-order valence-corrected chi connectivity index (χ2v) is 21.8. The molecular weight excluding hydrogens is 1020 g/mol. The third-order valence-electron chi connectivity index (χ3n) is 13.6. The number of fused-ring (bicyclic) bond motifs is 1. The van der Waals surface area contributed by atoms with Crippen molar-refractivity contribution in [3.63, 3.8) is 0 Å². The van der Waals surface area contributed by atoms with Gasteiger partial charge in [-0.15, -0.1) is 11.3 Å². The Morgan fingerprint density at radius 1 is 0.846 bits per heavy atom. The first-order chi connectivity index (χ1) is 37.6. The standard InChI is InChI=1S/C58H74FN7O11S/c1-38-55(78-37-63-38)40-9-7-39(8-10-40)32-62-56(71)52-31-45(67)35-66(52)57(72)48(58(2,3)4)30-46(68)36-77-27-26-76-25-24-75-23-22-74-21-20-73-19-5-6-54(70)49(59)15-16-53(69)47-34-61-44(29-51(47)64-42-13-14-42)28-43-12-11-41-33-60-18-17-50(41)65-43/h7-12,17-18,29,33-34,37,42,45,48-49,52,67H,5-6,13-16,19-28,30-32,35-36H2,1-4H3,(H,61,64)(H,62,71)/t45-,48-,49?,52+/m1/s1. The zero-order valence-corrected chi connectivity index (χ0v) is 46.0. The molecule has 20 heteroatoms. The first kappa shape index (κ1) is 59.7. The van der Waals surface area contributed by atoms with Crippen LogP contribution in [0.1, 0.15) is 105 Å². The summed E-state index contributed by atoms with van der Waals surface area (Å²) in [5.74, 6) is -2.52. The molecule has 78 heavy (non-hydrogen) atoms. The predicted octanol–water partition coefficient (Wildman–Crippen LogP) is 7.25. The fourth-order valence-corrected chi connectivity index (χ4v) is 9.83. The molecule has 1 saturated carbocycles. The van der Waals surface area contributed by atoms with E-state index in [4.69, 9.17) is 28.7 Å². The van der Waals surface area contributed by atoms with Crippen molar-refractivity contribution in [2.75, 3.05) is 77.9 Å². The Morgan fingerprint density at radius 3 is 2.21 bits per heavy atom. The van der Waals surface area contributed by atoms with Gasteiger partial charge in [0, 0.05) is 105 Å². The number of carbonyl (C=O) groups excluding carboxylic acids is 5. The Labute approximate surface area is 459 Å². The molecule has 7 rings (SSSR count). The predicted molar refractivity (Wildman–Crippen MR) is 293 cm³/mol. The molecule has 0 bridgehead atoms. The van der Waals surface area contributed by atoms with Crippen LogP contribution in [-0.2, 0) is 55.8 Å². The number of aliphatic hydroxyl groups is 1. The van der Waals surface area contributed by atoms with Crippen molar-refractivity contribution < 1.29 is 57.2 Å². The maximum Gasteiger partial charge on any atom is 0.243 e. The molecule has 1 saturated heterocycles. The second-order valence-electron chi connectivity index (χ2n) is 20.9. The van der Waals surface area contributed by atoms with Crippen molar-refractivity contribution >= 4 is 57.1 Å². The molecule has 1 unspecified atom stereocenters. The van der Waals surface area contributed by atoms with Crippen LogP contribution in [0.3, 0.4) is 0 Å². The van der Waals surface area contributed by atoms with E-state index in [0.29, 0.717) is 63.7 Å². The fraction of sp³-hybridized carbons (Fsp3) is 0.534. The number of aryl methyl sites for hydroxylation is 1. The average molecular weight is 1100 g/mol. The molecule has 0 spiro atoms. The van der Waals surface area contributed by atoms with Gasteiger partial charge in [-0.05, 0) is 73.4 Å². The van der Waals surface area contributed by atoms with E-state index >= 15 is 0 Å². The van der Waals surface area contributed by atoms with Crippen LogP contribution in [0.2, 0.25) is 0 Å². The summed E-state index contributed by atoms with van der Waals surface area (Å²) >= 11 is 1.57. The number of nitrogens with zero attached hydrogens (tertiary/aromatic N) is 5. The summed E-state index contributed by atoms with van der Waals surface area (Å²) in [5.41, 5.74) is 7.60. The molecule has 2 fully saturated rings. The lowest BCUT2D eigenvalue weighted by molar-refractivity contribution is -0.146. The van der Waals surface area contributed by atoms with Gasteiger partial charge in [-0.1, -0.05) is 45.0 Å². The van der Waals surface area contributed by atoms with Crippen LogP contribution in [-0.4, -0.2) is 156 Å². The van der Waals surface area contributed by atoms with Gasteiger partial charge >= 0.3 is 0 Å². The van der Waals surface area contributed by atoms with Crippen molar-refractivity contribution in [2.45, 2.75) is 116 Å². The molecule has 5 aromatic rings. The van der Waals surface area contributed by atoms with Gasteiger partial charge in [0.05, 0.1) is 86.1 Å². The molecule has 4 atom stereocenters. The quantitative estimate of drug-likeness (QED) is 0.0272. The molecule has 1 aromatic carbocycles. The first-order valence-corrected chi connectivity index (χ1v) is 27.8. The highest BCUT2D eigenvalue weighted by Crippen LogP contribution is 2.34. The maximum atomic E-state index is 14.9. The largest absolute Gasteiger partial charge is 0.391 e. The maximum absolute atomic E-state index is 14.9. The third-order valence-corrected chi connectivity index (χ3v) is 14.6. The van der Waals surface area contributed by atoms with E-state index in [1.807, 2.05) is 81.7 Å². The number of hydrogen-bond donors (Lipinski definition) is 3. The molecule has 4 aromatic heterocycles. The normalized spacial score (nSPS) is 16.3. The molecule has 1 aliphatic carbocycles. The van der Waals surface area contributed by atoms with Gasteiger partial charge in [0.1, 0.15) is 12.6 Å². The van der Waals surface area contributed by atoms with Crippen LogP contribution in [0, 0.1) is 18.3 Å². The van der Waals surface area contributed by atoms with Crippen LogP contribution < -0.4 is 10.6 Å². The minimum Gasteiger partial charge on any atom is -0.391 e. The number of benzene rings is 1. The number of aliphatic hydroxyl groups excluding tert-OH is 1. The molecular formula is C58H74FN7O11S. The van der Waals surface area contributed by atoms with Gasteiger partial charge < -0.3 is 44.3 Å². The molecule has 1 aliphatic heterocycles. The number of ether oxygens (including phenoxy) is 5.